The lowest BCUT2D eigenvalue weighted by atomic mass is 10.2. The van der Waals surface area contributed by atoms with Crippen LogP contribution in [0.15, 0.2) is 48.5 Å². The van der Waals surface area contributed by atoms with Gasteiger partial charge in [0.15, 0.2) is 0 Å². The van der Waals surface area contributed by atoms with Gasteiger partial charge in [0.25, 0.3) is 5.91 Å². The van der Waals surface area contributed by atoms with Gasteiger partial charge in [-0.25, -0.2) is 13.1 Å². The normalized spacial score (nSPS) is 11.0. The third-order valence-corrected chi connectivity index (χ3v) is 3.46. The maximum atomic E-state index is 11.8. The Morgan fingerprint density at radius 1 is 1.18 bits per heavy atom. The first-order valence-electron chi connectivity index (χ1n) is 6.33. The summed E-state index contributed by atoms with van der Waals surface area (Å²) in [5.74, 6) is -0.239. The minimum Gasteiger partial charge on any atom is -0.489 e. The van der Waals surface area contributed by atoms with E-state index in [1.807, 2.05) is 16.9 Å². The predicted molar refractivity (Wildman–Crippen MR) is 84.5 cm³/mol. The van der Waals surface area contributed by atoms with Gasteiger partial charge in [0.2, 0.25) is 10.0 Å². The minimum absolute atomic E-state index is 0.203. The van der Waals surface area contributed by atoms with E-state index < -0.39 is 15.9 Å². The van der Waals surface area contributed by atoms with Crippen molar-refractivity contribution in [2.75, 3.05) is 6.26 Å². The van der Waals surface area contributed by atoms with Gasteiger partial charge in [-0.2, -0.15) is 0 Å². The van der Waals surface area contributed by atoms with E-state index in [1.54, 1.807) is 24.3 Å². The number of carbonyl (C=O) groups is 1. The molecule has 0 fully saturated rings. The highest BCUT2D eigenvalue weighted by Crippen LogP contribution is 2.17. The van der Waals surface area contributed by atoms with Gasteiger partial charge in [0, 0.05) is 10.6 Å². The Kier molecular flexibility index (Phi) is 5.05. The molecule has 2 aromatic rings. The molecule has 2 aromatic carbocycles. The molecule has 0 saturated heterocycles. The van der Waals surface area contributed by atoms with Crippen molar-refractivity contribution < 1.29 is 17.9 Å². The third kappa shape index (κ3) is 5.05. The monoisotopic (exact) mass is 339 g/mol. The van der Waals surface area contributed by atoms with Gasteiger partial charge < -0.3 is 4.74 Å². The van der Waals surface area contributed by atoms with E-state index in [0.29, 0.717) is 10.8 Å². The van der Waals surface area contributed by atoms with E-state index >= 15 is 0 Å². The van der Waals surface area contributed by atoms with E-state index in [1.165, 1.54) is 12.1 Å². The lowest BCUT2D eigenvalue weighted by molar-refractivity contribution is 0.0981. The van der Waals surface area contributed by atoms with Crippen LogP contribution in [0.4, 0.5) is 0 Å². The fourth-order valence-electron chi connectivity index (χ4n) is 1.75. The highest BCUT2D eigenvalue weighted by atomic mass is 35.5. The molecule has 1 amide bonds. The molecule has 5 nitrogen and oxygen atoms in total. The molecule has 22 heavy (non-hydrogen) atoms. The number of halogens is 1. The summed E-state index contributed by atoms with van der Waals surface area (Å²) >= 11 is 5.89. The van der Waals surface area contributed by atoms with Crippen molar-refractivity contribution in [3.8, 4) is 5.75 Å². The second kappa shape index (κ2) is 6.81. The van der Waals surface area contributed by atoms with Crippen LogP contribution in [-0.4, -0.2) is 20.6 Å². The number of benzene rings is 2. The van der Waals surface area contributed by atoms with Crippen LogP contribution in [0, 0.1) is 0 Å². The fraction of sp³-hybridized carbons (Fsp3) is 0.133. The Hall–Kier alpha value is -2.05. The van der Waals surface area contributed by atoms with Crippen molar-refractivity contribution in [1.82, 2.24) is 4.72 Å². The van der Waals surface area contributed by atoms with Gasteiger partial charge in [-0.1, -0.05) is 29.8 Å². The summed E-state index contributed by atoms with van der Waals surface area (Å²) in [5.41, 5.74) is 1.09. The number of hydrogen-bond donors (Lipinski definition) is 1. The number of sulfonamides is 1. The summed E-state index contributed by atoms with van der Waals surface area (Å²) in [5, 5.41) is 0.613. The molecule has 0 aliphatic heterocycles. The molecule has 0 unspecified atom stereocenters. The van der Waals surface area contributed by atoms with Crippen molar-refractivity contribution in [3.63, 3.8) is 0 Å². The zero-order valence-electron chi connectivity index (χ0n) is 11.7. The lowest BCUT2D eigenvalue weighted by Crippen LogP contribution is -2.29. The summed E-state index contributed by atoms with van der Waals surface area (Å²) in [6.07, 6.45) is 0.921. The third-order valence-electron chi connectivity index (χ3n) is 2.67. The molecule has 0 atom stereocenters. The summed E-state index contributed by atoms with van der Waals surface area (Å²) in [7, 11) is -3.60. The highest BCUT2D eigenvalue weighted by Gasteiger charge is 2.11. The number of amides is 1. The Morgan fingerprint density at radius 3 is 2.59 bits per heavy atom. The first-order valence-corrected chi connectivity index (χ1v) is 8.60. The van der Waals surface area contributed by atoms with Crippen molar-refractivity contribution >= 4 is 27.5 Å². The molecule has 0 aliphatic carbocycles. The average molecular weight is 340 g/mol. The highest BCUT2D eigenvalue weighted by molar-refractivity contribution is 7.89. The standard InChI is InChI=1S/C15H14ClNO4S/c1-22(19,20)17-15(18)12-5-3-7-14(9-12)21-10-11-4-2-6-13(16)8-11/h2-9H,10H2,1H3,(H,17,18). The molecule has 0 saturated carbocycles. The number of carbonyl (C=O) groups excluding carboxylic acids is 1. The Morgan fingerprint density at radius 2 is 1.91 bits per heavy atom. The van der Waals surface area contributed by atoms with Crippen molar-refractivity contribution in [2.24, 2.45) is 0 Å². The molecule has 7 heteroatoms. The van der Waals surface area contributed by atoms with E-state index in [-0.39, 0.29) is 12.2 Å². The van der Waals surface area contributed by atoms with Gasteiger partial charge in [-0.15, -0.1) is 0 Å². The maximum Gasteiger partial charge on any atom is 0.264 e. The maximum absolute atomic E-state index is 11.8. The molecule has 0 heterocycles. The van der Waals surface area contributed by atoms with Crippen LogP contribution < -0.4 is 9.46 Å². The molecule has 1 N–H and O–H groups in total. The van der Waals surface area contributed by atoms with Crippen molar-refractivity contribution in [1.29, 1.82) is 0 Å². The van der Waals surface area contributed by atoms with E-state index in [0.717, 1.165) is 11.8 Å². The van der Waals surface area contributed by atoms with Crippen LogP contribution in [0.5, 0.6) is 5.75 Å². The summed E-state index contributed by atoms with van der Waals surface area (Å²) in [6.45, 7) is 0.289. The molecule has 2 rings (SSSR count). The van der Waals surface area contributed by atoms with Crippen LogP contribution in [0.25, 0.3) is 0 Å². The van der Waals surface area contributed by atoms with Gasteiger partial charge >= 0.3 is 0 Å². The van der Waals surface area contributed by atoms with Gasteiger partial charge in [0.05, 0.1) is 6.26 Å². The van der Waals surface area contributed by atoms with Crippen LogP contribution >= 0.6 is 11.6 Å². The largest absolute Gasteiger partial charge is 0.489 e. The smallest absolute Gasteiger partial charge is 0.264 e. The summed E-state index contributed by atoms with van der Waals surface area (Å²) in [6, 6.07) is 13.5. The van der Waals surface area contributed by atoms with Crippen LogP contribution in [0.1, 0.15) is 15.9 Å². The zero-order chi connectivity index (χ0) is 16.2. The second-order valence-corrected chi connectivity index (χ2v) is 6.83. The Labute approximate surface area is 133 Å². The number of ether oxygens (including phenoxy) is 1. The SMILES string of the molecule is CS(=O)(=O)NC(=O)c1cccc(OCc2cccc(Cl)c2)c1. The summed E-state index contributed by atoms with van der Waals surface area (Å²) < 4.78 is 29.6. The Bertz CT molecular complexity index is 790. The molecule has 0 aliphatic rings. The number of nitrogens with one attached hydrogen (secondary N) is 1. The fourth-order valence-corrected chi connectivity index (χ4v) is 2.42. The first-order chi connectivity index (χ1) is 10.3. The molecule has 116 valence electrons. The van der Waals surface area contributed by atoms with Crippen LogP contribution in [0.2, 0.25) is 5.02 Å². The lowest BCUT2D eigenvalue weighted by Gasteiger charge is -2.08. The quantitative estimate of drug-likeness (QED) is 0.908. The predicted octanol–water partition coefficient (Wildman–Crippen LogP) is 2.61. The number of rotatable bonds is 5. The topological polar surface area (TPSA) is 72.5 Å². The van der Waals surface area contributed by atoms with Crippen molar-refractivity contribution in [2.45, 2.75) is 6.61 Å². The van der Waals surface area contributed by atoms with E-state index in [9.17, 15) is 13.2 Å². The average Bonchev–Trinajstić information content (AvgIpc) is 2.44. The molecular formula is C15H14ClNO4S. The molecule has 0 bridgehead atoms. The number of hydrogen-bond acceptors (Lipinski definition) is 4. The molecular weight excluding hydrogens is 326 g/mol. The zero-order valence-corrected chi connectivity index (χ0v) is 13.3. The van der Waals surface area contributed by atoms with Crippen molar-refractivity contribution in [3.05, 3.63) is 64.7 Å². The van der Waals surface area contributed by atoms with E-state index in [2.05, 4.69) is 0 Å². The molecule has 0 aromatic heterocycles. The Balaban J connectivity index is 2.07. The van der Waals surface area contributed by atoms with E-state index in [4.69, 9.17) is 16.3 Å². The van der Waals surface area contributed by atoms with Gasteiger partial charge in [-0.3, -0.25) is 4.79 Å². The minimum atomic E-state index is -3.60. The van der Waals surface area contributed by atoms with Crippen LogP contribution in [0.3, 0.4) is 0 Å². The van der Waals surface area contributed by atoms with Gasteiger partial charge in [0.1, 0.15) is 12.4 Å². The van der Waals surface area contributed by atoms with Gasteiger partial charge in [-0.05, 0) is 35.9 Å². The first kappa shape index (κ1) is 16.3. The molecule has 0 spiro atoms. The second-order valence-electron chi connectivity index (χ2n) is 4.65. The summed E-state index contributed by atoms with van der Waals surface area (Å²) in [4.78, 5) is 11.8. The molecule has 0 radical (unpaired) electrons. The van der Waals surface area contributed by atoms with Crippen LogP contribution in [-0.2, 0) is 16.6 Å².